The van der Waals surface area contributed by atoms with Crippen molar-refractivity contribution in [1.29, 1.82) is 0 Å². The molecule has 2 heterocycles. The molecule has 2 aromatic rings. The smallest absolute Gasteiger partial charge is 0.247 e. The highest BCUT2D eigenvalue weighted by molar-refractivity contribution is 6.37. The van der Waals surface area contributed by atoms with E-state index in [-0.39, 0.29) is 5.92 Å². The van der Waals surface area contributed by atoms with Gasteiger partial charge in [0, 0.05) is 12.2 Å². The lowest BCUT2D eigenvalue weighted by Crippen LogP contribution is -2.15. The molecule has 1 aromatic heterocycles. The van der Waals surface area contributed by atoms with E-state index in [1.54, 1.807) is 12.1 Å². The predicted molar refractivity (Wildman–Crippen MR) is 79.1 cm³/mol. The van der Waals surface area contributed by atoms with Crippen molar-refractivity contribution in [2.45, 2.75) is 18.8 Å². The number of rotatable bonds is 3. The standard InChI is InChI=1S/C14H14Cl2N2O3/c1-19-12-10(15)5-9(6-11(12)16)14-18-17-13(21-14)8-3-2-4-20-7-8/h5-6,8H,2-4,7H2,1H3. The van der Waals surface area contributed by atoms with Crippen molar-refractivity contribution < 1.29 is 13.9 Å². The van der Waals surface area contributed by atoms with Crippen LogP contribution in [-0.2, 0) is 4.74 Å². The molecular weight excluding hydrogens is 315 g/mol. The lowest BCUT2D eigenvalue weighted by molar-refractivity contribution is 0.0727. The third-order valence-electron chi connectivity index (χ3n) is 3.40. The first-order valence-corrected chi connectivity index (χ1v) is 7.39. The molecule has 1 aliphatic heterocycles. The van der Waals surface area contributed by atoms with Gasteiger partial charge in [-0.1, -0.05) is 23.2 Å². The van der Waals surface area contributed by atoms with E-state index < -0.39 is 0 Å². The molecule has 0 amide bonds. The molecule has 3 rings (SSSR count). The number of hydrogen-bond donors (Lipinski definition) is 0. The summed E-state index contributed by atoms with van der Waals surface area (Å²) < 4.78 is 16.3. The molecule has 1 saturated heterocycles. The molecule has 1 unspecified atom stereocenters. The first-order valence-electron chi connectivity index (χ1n) is 6.63. The van der Waals surface area contributed by atoms with E-state index in [4.69, 9.17) is 37.1 Å². The van der Waals surface area contributed by atoms with Gasteiger partial charge in [-0.3, -0.25) is 0 Å². The van der Waals surface area contributed by atoms with Crippen molar-refractivity contribution in [3.8, 4) is 17.2 Å². The monoisotopic (exact) mass is 328 g/mol. The Bertz CT molecular complexity index is 616. The second-order valence-corrected chi connectivity index (χ2v) is 5.65. The van der Waals surface area contributed by atoms with Gasteiger partial charge in [-0.05, 0) is 25.0 Å². The molecular formula is C14H14Cl2N2O3. The predicted octanol–water partition coefficient (Wildman–Crippen LogP) is 3.95. The van der Waals surface area contributed by atoms with Gasteiger partial charge in [0.05, 0.1) is 29.7 Å². The van der Waals surface area contributed by atoms with Crippen molar-refractivity contribution in [2.24, 2.45) is 0 Å². The average molecular weight is 329 g/mol. The van der Waals surface area contributed by atoms with E-state index >= 15 is 0 Å². The van der Waals surface area contributed by atoms with Crippen LogP contribution in [0.5, 0.6) is 5.75 Å². The van der Waals surface area contributed by atoms with Gasteiger partial charge in [0.1, 0.15) is 0 Å². The highest BCUT2D eigenvalue weighted by Gasteiger charge is 2.23. The minimum Gasteiger partial charge on any atom is -0.494 e. The molecule has 1 aromatic carbocycles. The van der Waals surface area contributed by atoms with Gasteiger partial charge in [-0.25, -0.2) is 0 Å². The maximum absolute atomic E-state index is 6.12. The fourth-order valence-corrected chi connectivity index (χ4v) is 2.97. The summed E-state index contributed by atoms with van der Waals surface area (Å²) in [7, 11) is 1.51. The molecule has 112 valence electrons. The highest BCUT2D eigenvalue weighted by atomic mass is 35.5. The summed E-state index contributed by atoms with van der Waals surface area (Å²) in [6.07, 6.45) is 1.99. The normalized spacial score (nSPS) is 18.7. The molecule has 0 spiro atoms. The largest absolute Gasteiger partial charge is 0.494 e. The number of benzene rings is 1. The van der Waals surface area contributed by atoms with E-state index in [0.717, 1.165) is 19.4 Å². The van der Waals surface area contributed by atoms with Crippen LogP contribution in [0.3, 0.4) is 0 Å². The Labute approximate surface area is 132 Å². The fourth-order valence-electron chi connectivity index (χ4n) is 2.33. The third kappa shape index (κ3) is 3.00. The fraction of sp³-hybridized carbons (Fsp3) is 0.429. The molecule has 7 heteroatoms. The van der Waals surface area contributed by atoms with Crippen LogP contribution in [0.1, 0.15) is 24.7 Å². The van der Waals surface area contributed by atoms with Gasteiger partial charge >= 0.3 is 0 Å². The zero-order valence-electron chi connectivity index (χ0n) is 11.4. The highest BCUT2D eigenvalue weighted by Crippen LogP contribution is 2.37. The molecule has 0 N–H and O–H groups in total. The summed E-state index contributed by atoms with van der Waals surface area (Å²) in [6.45, 7) is 1.41. The number of ether oxygens (including phenoxy) is 2. The van der Waals surface area contributed by atoms with Crippen LogP contribution in [0.25, 0.3) is 11.5 Å². The van der Waals surface area contributed by atoms with Gasteiger partial charge < -0.3 is 13.9 Å². The van der Waals surface area contributed by atoms with E-state index in [9.17, 15) is 0 Å². The Kier molecular flexibility index (Phi) is 4.33. The zero-order chi connectivity index (χ0) is 14.8. The molecule has 1 fully saturated rings. The quantitative estimate of drug-likeness (QED) is 0.853. The maximum Gasteiger partial charge on any atom is 0.247 e. The molecule has 1 atom stereocenters. The van der Waals surface area contributed by atoms with Crippen LogP contribution in [0, 0.1) is 0 Å². The number of nitrogens with zero attached hydrogens (tertiary/aromatic N) is 2. The van der Waals surface area contributed by atoms with Crippen LogP contribution in [-0.4, -0.2) is 30.5 Å². The summed E-state index contributed by atoms with van der Waals surface area (Å²) in [4.78, 5) is 0. The van der Waals surface area contributed by atoms with Crippen molar-refractivity contribution in [3.05, 3.63) is 28.1 Å². The SMILES string of the molecule is COc1c(Cl)cc(-c2nnc(C3CCCOC3)o2)cc1Cl. The van der Waals surface area contributed by atoms with Crippen LogP contribution >= 0.6 is 23.2 Å². The molecule has 0 saturated carbocycles. The minimum absolute atomic E-state index is 0.157. The molecule has 0 aliphatic carbocycles. The average Bonchev–Trinajstić information content (AvgIpc) is 2.97. The summed E-state index contributed by atoms with van der Waals surface area (Å²) >= 11 is 12.2. The van der Waals surface area contributed by atoms with Crippen LogP contribution in [0.15, 0.2) is 16.5 Å². The van der Waals surface area contributed by atoms with Crippen molar-refractivity contribution in [2.75, 3.05) is 20.3 Å². The van der Waals surface area contributed by atoms with Crippen molar-refractivity contribution in [1.82, 2.24) is 10.2 Å². The van der Waals surface area contributed by atoms with Gasteiger partial charge in [-0.15, -0.1) is 10.2 Å². The number of aromatic nitrogens is 2. The van der Waals surface area contributed by atoms with Crippen LogP contribution in [0.2, 0.25) is 10.0 Å². The number of hydrogen-bond acceptors (Lipinski definition) is 5. The summed E-state index contributed by atoms with van der Waals surface area (Å²) in [6, 6.07) is 3.39. The lowest BCUT2D eigenvalue weighted by Gasteiger charge is -2.18. The lowest BCUT2D eigenvalue weighted by atomic mass is 10.0. The van der Waals surface area contributed by atoms with Crippen LogP contribution in [0.4, 0.5) is 0 Å². The zero-order valence-corrected chi connectivity index (χ0v) is 12.9. The summed E-state index contributed by atoms with van der Waals surface area (Å²) in [5, 5.41) is 8.98. The van der Waals surface area contributed by atoms with E-state index in [2.05, 4.69) is 10.2 Å². The second kappa shape index (κ2) is 6.22. The van der Waals surface area contributed by atoms with Crippen molar-refractivity contribution in [3.63, 3.8) is 0 Å². The van der Waals surface area contributed by atoms with Gasteiger partial charge in [0.15, 0.2) is 5.75 Å². The molecule has 1 aliphatic rings. The second-order valence-electron chi connectivity index (χ2n) is 4.83. The molecule has 0 bridgehead atoms. The molecule has 21 heavy (non-hydrogen) atoms. The Morgan fingerprint density at radius 3 is 2.62 bits per heavy atom. The number of methoxy groups -OCH3 is 1. The number of halogens is 2. The summed E-state index contributed by atoms with van der Waals surface area (Å²) in [5.74, 6) is 1.57. The molecule has 5 nitrogen and oxygen atoms in total. The van der Waals surface area contributed by atoms with Gasteiger partial charge in [0.2, 0.25) is 11.8 Å². The minimum atomic E-state index is 0.157. The topological polar surface area (TPSA) is 57.4 Å². The third-order valence-corrected chi connectivity index (χ3v) is 3.96. The Morgan fingerprint density at radius 2 is 2.00 bits per heavy atom. The summed E-state index contributed by atoms with van der Waals surface area (Å²) in [5.41, 5.74) is 0.668. The van der Waals surface area contributed by atoms with E-state index in [1.165, 1.54) is 7.11 Å². The van der Waals surface area contributed by atoms with E-state index in [1.807, 2.05) is 0 Å². The Morgan fingerprint density at radius 1 is 1.24 bits per heavy atom. The Balaban J connectivity index is 1.89. The van der Waals surface area contributed by atoms with Gasteiger partial charge in [0.25, 0.3) is 0 Å². The molecule has 0 radical (unpaired) electrons. The van der Waals surface area contributed by atoms with Crippen molar-refractivity contribution >= 4 is 23.2 Å². The van der Waals surface area contributed by atoms with Gasteiger partial charge in [-0.2, -0.15) is 0 Å². The van der Waals surface area contributed by atoms with Crippen LogP contribution < -0.4 is 4.74 Å². The first kappa shape index (κ1) is 14.6. The Hall–Kier alpha value is -1.30. The first-order chi connectivity index (χ1) is 10.2. The van der Waals surface area contributed by atoms with E-state index in [0.29, 0.717) is 39.7 Å². The maximum atomic E-state index is 6.12.